The number of nitrogens with one attached hydrogen (secondary N) is 2. The van der Waals surface area contributed by atoms with Crippen molar-refractivity contribution in [3.63, 3.8) is 0 Å². The molecule has 156 valence electrons. The number of ether oxygens (including phenoxy) is 1. The monoisotopic (exact) mass is 408 g/mol. The zero-order chi connectivity index (χ0) is 19.8. The van der Waals surface area contributed by atoms with Crippen molar-refractivity contribution in [2.24, 2.45) is 5.92 Å². The van der Waals surface area contributed by atoms with Gasteiger partial charge in [-0.2, -0.15) is 0 Å². The summed E-state index contributed by atoms with van der Waals surface area (Å²) in [7, 11) is 0. The predicted molar refractivity (Wildman–Crippen MR) is 110 cm³/mol. The van der Waals surface area contributed by atoms with Gasteiger partial charge in [0.2, 0.25) is 0 Å². The first-order chi connectivity index (χ1) is 13.6. The third-order valence-electron chi connectivity index (χ3n) is 5.57. The van der Waals surface area contributed by atoms with Gasteiger partial charge in [-0.1, -0.05) is 6.07 Å². The second kappa shape index (κ2) is 10.7. The number of carbonyl (C=O) groups is 2. The van der Waals surface area contributed by atoms with Gasteiger partial charge in [0.1, 0.15) is 0 Å². The Kier molecular flexibility index (Phi) is 7.97. The van der Waals surface area contributed by atoms with Gasteiger partial charge in [0, 0.05) is 37.1 Å². The lowest BCUT2D eigenvalue weighted by Gasteiger charge is -2.33. The van der Waals surface area contributed by atoms with Gasteiger partial charge in [0.05, 0.1) is 6.61 Å². The fourth-order valence-electron chi connectivity index (χ4n) is 3.87. The Hall–Kier alpha value is -1.80. The molecule has 0 spiro atoms. The fourth-order valence-corrected chi connectivity index (χ4v) is 4.61. The van der Waals surface area contributed by atoms with Crippen molar-refractivity contribution in [3.05, 3.63) is 22.4 Å². The van der Waals surface area contributed by atoms with Crippen LogP contribution in [0.15, 0.2) is 17.5 Å². The van der Waals surface area contributed by atoms with Crippen LogP contribution in [0, 0.1) is 5.92 Å². The summed E-state index contributed by atoms with van der Waals surface area (Å²) < 4.78 is 5.02. The number of amides is 3. The van der Waals surface area contributed by atoms with Crippen LogP contribution in [-0.4, -0.2) is 67.3 Å². The van der Waals surface area contributed by atoms with Crippen LogP contribution in [-0.2, 0) is 11.3 Å². The summed E-state index contributed by atoms with van der Waals surface area (Å²) in [5, 5.41) is 8.22. The highest BCUT2D eigenvalue weighted by Gasteiger charge is 2.25. The van der Waals surface area contributed by atoms with Gasteiger partial charge in [-0.05, 0) is 63.1 Å². The lowest BCUT2D eigenvalue weighted by molar-refractivity contribution is 0.0957. The quantitative estimate of drug-likeness (QED) is 0.759. The van der Waals surface area contributed by atoms with Gasteiger partial charge in [-0.15, -0.1) is 11.3 Å². The summed E-state index contributed by atoms with van der Waals surface area (Å²) in [5.74, 6) is 0.552. The molecule has 0 aliphatic carbocycles. The predicted octanol–water partition coefficient (Wildman–Crippen LogP) is 2.88. The summed E-state index contributed by atoms with van der Waals surface area (Å²) in [6.07, 6.45) is 3.55. The second-order valence-electron chi connectivity index (χ2n) is 7.61. The summed E-state index contributed by atoms with van der Waals surface area (Å²) in [6.45, 7) is 7.44. The Labute approximate surface area is 171 Å². The van der Waals surface area contributed by atoms with E-state index < -0.39 is 0 Å². The highest BCUT2D eigenvalue weighted by Crippen LogP contribution is 2.20. The molecule has 2 saturated heterocycles. The minimum atomic E-state index is -0.254. The molecular formula is C20H32N4O3S. The van der Waals surface area contributed by atoms with Crippen molar-refractivity contribution in [2.45, 2.75) is 45.2 Å². The Balaban J connectivity index is 1.28. The van der Waals surface area contributed by atoms with Crippen molar-refractivity contribution in [1.29, 1.82) is 0 Å². The minimum absolute atomic E-state index is 0.0874. The summed E-state index contributed by atoms with van der Waals surface area (Å²) >= 11 is 1.82. The van der Waals surface area contributed by atoms with Crippen LogP contribution in [0.25, 0.3) is 0 Å². The molecule has 1 aromatic rings. The summed E-state index contributed by atoms with van der Waals surface area (Å²) in [5.41, 5.74) is 0. The van der Waals surface area contributed by atoms with Crippen molar-refractivity contribution in [3.8, 4) is 0 Å². The molecule has 0 bridgehead atoms. The highest BCUT2D eigenvalue weighted by atomic mass is 32.1. The topological polar surface area (TPSA) is 73.9 Å². The zero-order valence-electron chi connectivity index (χ0n) is 16.7. The van der Waals surface area contributed by atoms with E-state index in [0.717, 1.165) is 51.9 Å². The van der Waals surface area contributed by atoms with E-state index in [4.69, 9.17) is 4.74 Å². The van der Waals surface area contributed by atoms with E-state index in [2.05, 4.69) is 33.0 Å². The molecule has 0 saturated carbocycles. The van der Waals surface area contributed by atoms with Gasteiger partial charge < -0.3 is 20.3 Å². The van der Waals surface area contributed by atoms with E-state index >= 15 is 0 Å². The normalized spacial score (nSPS) is 19.4. The Morgan fingerprint density at radius 2 is 1.93 bits per heavy atom. The zero-order valence-corrected chi connectivity index (χ0v) is 17.5. The molecule has 0 aromatic carbocycles. The van der Waals surface area contributed by atoms with Crippen molar-refractivity contribution in [2.75, 3.05) is 39.3 Å². The number of carbonyl (C=O) groups excluding carboxylic acids is 2. The first-order valence-electron chi connectivity index (χ1n) is 10.3. The third-order valence-corrected chi connectivity index (χ3v) is 6.44. The number of thiophene rings is 1. The molecule has 0 atom stereocenters. The number of likely N-dealkylation sites (tertiary alicyclic amines) is 2. The van der Waals surface area contributed by atoms with E-state index in [1.807, 2.05) is 18.3 Å². The lowest BCUT2D eigenvalue weighted by Crippen LogP contribution is -2.50. The molecule has 28 heavy (non-hydrogen) atoms. The molecular weight excluding hydrogens is 376 g/mol. The first-order valence-corrected chi connectivity index (χ1v) is 11.2. The van der Waals surface area contributed by atoms with Crippen molar-refractivity contribution in [1.82, 2.24) is 20.4 Å². The lowest BCUT2D eigenvalue weighted by atomic mass is 9.97. The van der Waals surface area contributed by atoms with Gasteiger partial charge >= 0.3 is 12.1 Å². The SMILES string of the molecule is CCOC(=O)N1CCC(NC(=O)NCC2CCN(Cc3cccs3)CC2)CC1. The van der Waals surface area contributed by atoms with Crippen LogP contribution in [0.1, 0.15) is 37.5 Å². The highest BCUT2D eigenvalue weighted by molar-refractivity contribution is 7.09. The maximum Gasteiger partial charge on any atom is 0.409 e. The molecule has 3 amide bonds. The van der Waals surface area contributed by atoms with Crippen molar-refractivity contribution >= 4 is 23.5 Å². The van der Waals surface area contributed by atoms with Gasteiger partial charge in [-0.25, -0.2) is 9.59 Å². The first kappa shape index (κ1) is 20.9. The molecule has 0 unspecified atom stereocenters. The molecule has 3 rings (SSSR count). The number of piperidine rings is 2. The van der Waals surface area contributed by atoms with E-state index in [0.29, 0.717) is 25.6 Å². The largest absolute Gasteiger partial charge is 0.450 e. The van der Waals surface area contributed by atoms with Gasteiger partial charge in [0.15, 0.2) is 0 Å². The van der Waals surface area contributed by atoms with Gasteiger partial charge in [0.25, 0.3) is 0 Å². The molecule has 2 N–H and O–H groups in total. The molecule has 2 aliphatic heterocycles. The van der Waals surface area contributed by atoms with Crippen LogP contribution in [0.5, 0.6) is 0 Å². The molecule has 1 aromatic heterocycles. The van der Waals surface area contributed by atoms with E-state index in [1.54, 1.807) is 4.90 Å². The van der Waals surface area contributed by atoms with Crippen LogP contribution in [0.4, 0.5) is 9.59 Å². The average Bonchev–Trinajstić information content (AvgIpc) is 3.21. The number of rotatable bonds is 6. The molecule has 2 aliphatic rings. The van der Waals surface area contributed by atoms with E-state index in [9.17, 15) is 9.59 Å². The van der Waals surface area contributed by atoms with E-state index in [-0.39, 0.29) is 18.2 Å². The molecule has 7 nitrogen and oxygen atoms in total. The van der Waals surface area contributed by atoms with Crippen LogP contribution in [0.3, 0.4) is 0 Å². The maximum absolute atomic E-state index is 12.2. The van der Waals surface area contributed by atoms with Crippen LogP contribution >= 0.6 is 11.3 Å². The van der Waals surface area contributed by atoms with Crippen molar-refractivity contribution < 1.29 is 14.3 Å². The Bertz CT molecular complexity index is 609. The molecule has 0 radical (unpaired) electrons. The number of urea groups is 1. The Morgan fingerprint density at radius 3 is 2.57 bits per heavy atom. The molecule has 8 heteroatoms. The smallest absolute Gasteiger partial charge is 0.409 e. The summed E-state index contributed by atoms with van der Waals surface area (Å²) in [4.78, 5) is 29.6. The molecule has 3 heterocycles. The molecule has 2 fully saturated rings. The van der Waals surface area contributed by atoms with Crippen LogP contribution in [0.2, 0.25) is 0 Å². The number of hydrogen-bond acceptors (Lipinski definition) is 5. The minimum Gasteiger partial charge on any atom is -0.450 e. The standard InChI is InChI=1S/C20H32N4O3S/c1-2-27-20(26)24-11-7-17(8-12-24)22-19(25)21-14-16-5-9-23(10-6-16)15-18-4-3-13-28-18/h3-4,13,16-17H,2,5-12,14-15H2,1H3,(H2,21,22,25). The third kappa shape index (κ3) is 6.38. The number of hydrogen-bond donors (Lipinski definition) is 2. The Morgan fingerprint density at radius 1 is 1.18 bits per heavy atom. The van der Waals surface area contributed by atoms with E-state index in [1.165, 1.54) is 4.88 Å². The van der Waals surface area contributed by atoms with Crippen LogP contribution < -0.4 is 10.6 Å². The number of nitrogens with zero attached hydrogens (tertiary/aromatic N) is 2. The fraction of sp³-hybridized carbons (Fsp3) is 0.700. The maximum atomic E-state index is 12.2. The van der Waals surface area contributed by atoms with Gasteiger partial charge in [-0.3, -0.25) is 4.90 Å². The average molecular weight is 409 g/mol. The second-order valence-corrected chi connectivity index (χ2v) is 8.65. The summed E-state index contributed by atoms with van der Waals surface area (Å²) in [6, 6.07) is 4.34.